The first-order valence-corrected chi connectivity index (χ1v) is 10.3. The zero-order valence-corrected chi connectivity index (χ0v) is 16.8. The molecule has 0 aliphatic carbocycles. The van der Waals surface area contributed by atoms with Crippen LogP contribution in [-0.2, 0) is 14.8 Å². The second-order valence-electron chi connectivity index (χ2n) is 6.29. The lowest BCUT2D eigenvalue weighted by molar-refractivity contribution is -0.135. The van der Waals surface area contributed by atoms with Crippen LogP contribution in [0.4, 0.5) is 5.69 Å². The molecule has 0 fully saturated rings. The standard InChI is InChI=1S/C22H18N2O5S/c1-29-18-10-12-19(13-11-18)30(27,28)24(15-22(25)26)21-5-3-2-4-20(21)17-8-6-16(14-23)7-9-17/h2-13H,15H2,1H3,(H,25,26). The average molecular weight is 422 g/mol. The highest BCUT2D eigenvalue weighted by Crippen LogP contribution is 2.34. The third-order valence-electron chi connectivity index (χ3n) is 4.42. The van der Waals surface area contributed by atoms with Crippen molar-refractivity contribution in [1.82, 2.24) is 0 Å². The Kier molecular flexibility index (Phi) is 6.04. The number of carbonyl (C=O) groups is 1. The van der Waals surface area contributed by atoms with Gasteiger partial charge in [0.1, 0.15) is 12.3 Å². The molecule has 0 aliphatic rings. The molecule has 0 radical (unpaired) electrons. The molecule has 0 spiro atoms. The fourth-order valence-corrected chi connectivity index (χ4v) is 4.39. The number of para-hydroxylation sites is 1. The average Bonchev–Trinajstić information content (AvgIpc) is 2.77. The van der Waals surface area contributed by atoms with E-state index in [0.29, 0.717) is 22.4 Å². The lowest BCUT2D eigenvalue weighted by Gasteiger charge is -2.25. The van der Waals surface area contributed by atoms with Crippen LogP contribution in [0.2, 0.25) is 0 Å². The third-order valence-corrected chi connectivity index (χ3v) is 6.20. The zero-order chi connectivity index (χ0) is 21.7. The van der Waals surface area contributed by atoms with Gasteiger partial charge in [-0.1, -0.05) is 30.3 Å². The van der Waals surface area contributed by atoms with Gasteiger partial charge in [0, 0.05) is 5.56 Å². The fraction of sp³-hybridized carbons (Fsp3) is 0.0909. The maximum atomic E-state index is 13.3. The molecule has 3 aromatic carbocycles. The molecule has 3 aromatic rings. The van der Waals surface area contributed by atoms with Gasteiger partial charge in [-0.2, -0.15) is 5.26 Å². The fourth-order valence-electron chi connectivity index (χ4n) is 2.96. The number of nitriles is 1. The predicted molar refractivity (Wildman–Crippen MR) is 112 cm³/mol. The lowest BCUT2D eigenvalue weighted by Crippen LogP contribution is -2.36. The number of methoxy groups -OCH3 is 1. The molecule has 3 rings (SSSR count). The van der Waals surface area contributed by atoms with Crippen molar-refractivity contribution in [2.75, 3.05) is 18.0 Å². The summed E-state index contributed by atoms with van der Waals surface area (Å²) in [5.41, 5.74) is 1.87. The number of benzene rings is 3. The number of hydrogen-bond donors (Lipinski definition) is 1. The Morgan fingerprint density at radius 3 is 2.23 bits per heavy atom. The van der Waals surface area contributed by atoms with Gasteiger partial charge >= 0.3 is 5.97 Å². The molecule has 0 saturated heterocycles. The first kappa shape index (κ1) is 20.9. The second-order valence-corrected chi connectivity index (χ2v) is 8.15. The van der Waals surface area contributed by atoms with Gasteiger partial charge in [0.2, 0.25) is 0 Å². The Balaban J connectivity index is 2.14. The van der Waals surface area contributed by atoms with Gasteiger partial charge in [-0.05, 0) is 48.0 Å². The van der Waals surface area contributed by atoms with Crippen LogP contribution in [0.15, 0.2) is 77.7 Å². The minimum absolute atomic E-state index is 0.0563. The van der Waals surface area contributed by atoms with Crippen LogP contribution in [0.1, 0.15) is 5.56 Å². The van der Waals surface area contributed by atoms with E-state index in [2.05, 4.69) is 0 Å². The summed E-state index contributed by atoms with van der Waals surface area (Å²) in [5.74, 6) is -0.807. The molecule has 152 valence electrons. The van der Waals surface area contributed by atoms with Crippen molar-refractivity contribution in [3.63, 3.8) is 0 Å². The number of hydrogen-bond acceptors (Lipinski definition) is 5. The quantitative estimate of drug-likeness (QED) is 0.624. The highest BCUT2D eigenvalue weighted by molar-refractivity contribution is 7.92. The molecular formula is C22H18N2O5S. The SMILES string of the molecule is COc1ccc(S(=O)(=O)N(CC(=O)O)c2ccccc2-c2ccc(C#N)cc2)cc1. The number of anilines is 1. The van der Waals surface area contributed by atoms with Crippen molar-refractivity contribution in [2.45, 2.75) is 4.90 Å². The number of nitrogens with zero attached hydrogens (tertiary/aromatic N) is 2. The number of carboxylic acids is 1. The van der Waals surface area contributed by atoms with E-state index in [1.165, 1.54) is 31.4 Å². The van der Waals surface area contributed by atoms with Gasteiger partial charge < -0.3 is 9.84 Å². The predicted octanol–water partition coefficient (Wildman–Crippen LogP) is 3.51. The van der Waals surface area contributed by atoms with E-state index >= 15 is 0 Å². The van der Waals surface area contributed by atoms with Crippen LogP contribution in [0.25, 0.3) is 11.1 Å². The molecule has 0 bridgehead atoms. The zero-order valence-electron chi connectivity index (χ0n) is 16.0. The molecular weight excluding hydrogens is 404 g/mol. The van der Waals surface area contributed by atoms with E-state index < -0.39 is 22.5 Å². The largest absolute Gasteiger partial charge is 0.497 e. The van der Waals surface area contributed by atoms with Gasteiger partial charge in [0.15, 0.2) is 0 Å². The van der Waals surface area contributed by atoms with Gasteiger partial charge in [-0.3, -0.25) is 9.10 Å². The minimum atomic E-state index is -4.17. The molecule has 8 heteroatoms. The Hall–Kier alpha value is -3.83. The van der Waals surface area contributed by atoms with Crippen LogP contribution in [0.5, 0.6) is 5.75 Å². The summed E-state index contributed by atoms with van der Waals surface area (Å²) in [6.07, 6.45) is 0. The van der Waals surface area contributed by atoms with Gasteiger partial charge in [0.25, 0.3) is 10.0 Å². The second kappa shape index (κ2) is 8.68. The lowest BCUT2D eigenvalue weighted by atomic mass is 10.0. The molecule has 0 aromatic heterocycles. The Bertz CT molecular complexity index is 1200. The first-order valence-electron chi connectivity index (χ1n) is 8.85. The van der Waals surface area contributed by atoms with E-state index in [1.807, 2.05) is 6.07 Å². The molecule has 7 nitrogen and oxygen atoms in total. The van der Waals surface area contributed by atoms with Crippen molar-refractivity contribution >= 4 is 21.7 Å². The number of ether oxygens (including phenoxy) is 1. The van der Waals surface area contributed by atoms with Crippen LogP contribution < -0.4 is 9.04 Å². The summed E-state index contributed by atoms with van der Waals surface area (Å²) >= 11 is 0. The summed E-state index contributed by atoms with van der Waals surface area (Å²) < 4.78 is 32.6. The highest BCUT2D eigenvalue weighted by Gasteiger charge is 2.29. The summed E-state index contributed by atoms with van der Waals surface area (Å²) in [5, 5.41) is 18.4. The monoisotopic (exact) mass is 422 g/mol. The molecule has 0 heterocycles. The normalized spacial score (nSPS) is 10.8. The number of sulfonamides is 1. The molecule has 0 saturated carbocycles. The topological polar surface area (TPSA) is 108 Å². The van der Waals surface area contributed by atoms with Crippen LogP contribution in [0.3, 0.4) is 0 Å². The van der Waals surface area contributed by atoms with Gasteiger partial charge in [-0.25, -0.2) is 8.42 Å². The molecule has 30 heavy (non-hydrogen) atoms. The summed E-state index contributed by atoms with van der Waals surface area (Å²) in [4.78, 5) is 11.5. The van der Waals surface area contributed by atoms with Crippen molar-refractivity contribution in [1.29, 1.82) is 5.26 Å². The highest BCUT2D eigenvalue weighted by atomic mass is 32.2. The Morgan fingerprint density at radius 1 is 1.03 bits per heavy atom. The smallest absolute Gasteiger partial charge is 0.324 e. The minimum Gasteiger partial charge on any atom is -0.497 e. The maximum absolute atomic E-state index is 13.3. The summed E-state index contributed by atoms with van der Waals surface area (Å²) in [6.45, 7) is -0.748. The van der Waals surface area contributed by atoms with E-state index in [-0.39, 0.29) is 10.6 Å². The summed E-state index contributed by atoms with van der Waals surface area (Å²) in [6, 6.07) is 21.0. The van der Waals surface area contributed by atoms with Crippen molar-refractivity contribution < 1.29 is 23.1 Å². The molecule has 1 N–H and O–H groups in total. The number of aliphatic carboxylic acids is 1. The van der Waals surface area contributed by atoms with Gasteiger partial charge in [0.05, 0.1) is 29.3 Å². The summed E-state index contributed by atoms with van der Waals surface area (Å²) in [7, 11) is -2.71. The van der Waals surface area contributed by atoms with Gasteiger partial charge in [-0.15, -0.1) is 0 Å². The van der Waals surface area contributed by atoms with E-state index in [0.717, 1.165) is 4.31 Å². The van der Waals surface area contributed by atoms with Crippen molar-refractivity contribution in [3.05, 3.63) is 78.4 Å². The number of rotatable bonds is 7. The van der Waals surface area contributed by atoms with Crippen LogP contribution >= 0.6 is 0 Å². The van der Waals surface area contributed by atoms with Crippen LogP contribution in [-0.4, -0.2) is 33.1 Å². The molecule has 0 aliphatic heterocycles. The maximum Gasteiger partial charge on any atom is 0.324 e. The van der Waals surface area contributed by atoms with Crippen LogP contribution in [0, 0.1) is 11.3 Å². The van der Waals surface area contributed by atoms with E-state index in [4.69, 9.17) is 10.00 Å². The van der Waals surface area contributed by atoms with E-state index in [9.17, 15) is 18.3 Å². The van der Waals surface area contributed by atoms with E-state index in [1.54, 1.807) is 48.5 Å². The Labute approximate surface area is 174 Å². The molecule has 0 atom stereocenters. The first-order chi connectivity index (χ1) is 14.4. The Morgan fingerprint density at radius 2 is 1.67 bits per heavy atom. The van der Waals surface area contributed by atoms with Crippen molar-refractivity contribution in [3.8, 4) is 22.9 Å². The molecule has 0 unspecified atom stereocenters. The van der Waals surface area contributed by atoms with Crippen molar-refractivity contribution in [2.24, 2.45) is 0 Å². The molecule has 0 amide bonds. The number of carboxylic acid groups (broad SMARTS) is 1. The third kappa shape index (κ3) is 4.26.